The Morgan fingerprint density at radius 2 is 1.77 bits per heavy atom. The Hall–Kier alpha value is -2.81. The molecule has 0 spiro atoms. The molecular weight excluding hydrogens is 465 g/mol. The van der Waals surface area contributed by atoms with Gasteiger partial charge in [0.2, 0.25) is 0 Å². The van der Waals surface area contributed by atoms with Crippen molar-refractivity contribution in [1.82, 2.24) is 3.97 Å². The van der Waals surface area contributed by atoms with Crippen LogP contribution < -0.4 is 0 Å². The first-order chi connectivity index (χ1) is 14.5. The van der Waals surface area contributed by atoms with Crippen molar-refractivity contribution in [3.8, 4) is 0 Å². The van der Waals surface area contributed by atoms with Crippen LogP contribution in [0.3, 0.4) is 0 Å². The zero-order valence-electron chi connectivity index (χ0n) is 16.5. The van der Waals surface area contributed by atoms with Gasteiger partial charge in [0.1, 0.15) is 0 Å². The predicted molar refractivity (Wildman–Crippen MR) is 118 cm³/mol. The molecule has 0 aliphatic heterocycles. The van der Waals surface area contributed by atoms with Gasteiger partial charge in [0.05, 0.1) is 27.6 Å². The third-order valence-corrected chi connectivity index (χ3v) is 6.77. The zero-order chi connectivity index (χ0) is 23.1. The summed E-state index contributed by atoms with van der Waals surface area (Å²) in [4.78, 5) is 24.5. The van der Waals surface area contributed by atoms with E-state index in [1.807, 2.05) is 0 Å². The summed E-state index contributed by atoms with van der Waals surface area (Å²) in [5, 5.41) is 9.62. The molecule has 0 aliphatic rings. The van der Waals surface area contributed by atoms with Crippen LogP contribution in [0.4, 0.5) is 0 Å². The molecule has 10 heteroatoms. The number of carbonyl (C=O) groups is 2. The van der Waals surface area contributed by atoms with Gasteiger partial charge in [-0.25, -0.2) is 22.0 Å². The van der Waals surface area contributed by atoms with Crippen LogP contribution in [0, 0.1) is 6.92 Å². The van der Waals surface area contributed by atoms with Crippen LogP contribution in [-0.2, 0) is 19.6 Å². The molecular formula is C21H17Cl2NO6S. The lowest BCUT2D eigenvalue weighted by atomic mass is 10.0. The van der Waals surface area contributed by atoms with Gasteiger partial charge in [-0.3, -0.25) is 0 Å². The number of aryl methyl sites for hydroxylation is 1. The Morgan fingerprint density at radius 1 is 1.16 bits per heavy atom. The van der Waals surface area contributed by atoms with Crippen LogP contribution in [-0.4, -0.2) is 36.0 Å². The molecule has 0 fully saturated rings. The molecule has 31 heavy (non-hydrogen) atoms. The van der Waals surface area contributed by atoms with Gasteiger partial charge in [0, 0.05) is 16.0 Å². The van der Waals surface area contributed by atoms with E-state index in [1.54, 1.807) is 19.1 Å². The van der Waals surface area contributed by atoms with E-state index in [2.05, 4.69) is 6.58 Å². The maximum atomic E-state index is 13.6. The summed E-state index contributed by atoms with van der Waals surface area (Å²) in [7, 11) is -4.38. The molecule has 162 valence electrons. The number of hydrogen-bond acceptors (Lipinski definition) is 5. The number of benzene rings is 2. The molecule has 2 aromatic carbocycles. The highest BCUT2D eigenvalue weighted by Gasteiger charge is 2.35. The van der Waals surface area contributed by atoms with Gasteiger partial charge in [-0.1, -0.05) is 47.5 Å². The van der Waals surface area contributed by atoms with Gasteiger partial charge in [-0.2, -0.15) is 0 Å². The summed E-state index contributed by atoms with van der Waals surface area (Å²) in [6, 6.07) is 8.56. The average Bonchev–Trinajstić information content (AvgIpc) is 3.03. The average molecular weight is 482 g/mol. The van der Waals surface area contributed by atoms with E-state index in [0.29, 0.717) is 3.97 Å². The third-order valence-electron chi connectivity index (χ3n) is 4.53. The highest BCUT2D eigenvalue weighted by atomic mass is 35.5. The van der Waals surface area contributed by atoms with E-state index in [4.69, 9.17) is 27.9 Å². The first kappa shape index (κ1) is 22.9. The number of nitrogens with zero attached hydrogens (tertiary/aromatic N) is 1. The minimum atomic E-state index is -4.38. The van der Waals surface area contributed by atoms with Crippen LogP contribution >= 0.6 is 23.2 Å². The number of carboxylic acid groups (broad SMARTS) is 1. The van der Waals surface area contributed by atoms with E-state index < -0.39 is 33.2 Å². The van der Waals surface area contributed by atoms with Crippen molar-refractivity contribution >= 4 is 61.6 Å². The second-order valence-corrected chi connectivity index (χ2v) is 9.22. The Morgan fingerprint density at radius 3 is 2.32 bits per heavy atom. The number of aromatic nitrogens is 1. The fraction of sp³-hybridized carbons (Fsp3) is 0.143. The molecule has 0 radical (unpaired) electrons. The Balaban J connectivity index is 2.57. The molecule has 0 bridgehead atoms. The minimum Gasteiger partial charge on any atom is -0.478 e. The molecule has 0 saturated carbocycles. The first-order valence-electron chi connectivity index (χ1n) is 8.96. The Kier molecular flexibility index (Phi) is 6.18. The van der Waals surface area contributed by atoms with Crippen LogP contribution in [0.1, 0.15) is 28.5 Å². The Bertz CT molecular complexity index is 1340. The van der Waals surface area contributed by atoms with E-state index >= 15 is 0 Å². The van der Waals surface area contributed by atoms with Gasteiger partial charge >= 0.3 is 11.9 Å². The van der Waals surface area contributed by atoms with Crippen molar-refractivity contribution in [1.29, 1.82) is 0 Å². The summed E-state index contributed by atoms with van der Waals surface area (Å²) < 4.78 is 33.0. The molecule has 1 aromatic heterocycles. The molecule has 0 saturated heterocycles. The molecule has 3 aromatic rings. The summed E-state index contributed by atoms with van der Waals surface area (Å²) in [5.74, 6) is -2.50. The SMILES string of the molecule is C=C(C(=O)O)c1c(C(=O)OCC)n(S(=O)(=O)c2ccc(C)cc2)c2cc(Cl)cc(Cl)c12. The number of ether oxygens (including phenoxy) is 1. The van der Waals surface area contributed by atoms with E-state index in [0.717, 1.165) is 5.56 Å². The molecule has 7 nitrogen and oxygen atoms in total. The van der Waals surface area contributed by atoms with E-state index in [9.17, 15) is 23.1 Å². The number of rotatable bonds is 6. The lowest BCUT2D eigenvalue weighted by Gasteiger charge is -2.13. The molecule has 1 heterocycles. The number of aliphatic carboxylic acids is 1. The topological polar surface area (TPSA) is 103 Å². The van der Waals surface area contributed by atoms with Crippen molar-refractivity contribution in [3.05, 3.63) is 69.8 Å². The van der Waals surface area contributed by atoms with Crippen molar-refractivity contribution in [2.45, 2.75) is 18.7 Å². The van der Waals surface area contributed by atoms with Crippen molar-refractivity contribution < 1.29 is 27.9 Å². The normalized spacial score (nSPS) is 11.5. The maximum absolute atomic E-state index is 13.6. The summed E-state index contributed by atoms with van der Waals surface area (Å²) in [6.07, 6.45) is 0. The van der Waals surface area contributed by atoms with Crippen LogP contribution in [0.15, 0.2) is 47.9 Å². The van der Waals surface area contributed by atoms with Gasteiger partial charge in [-0.15, -0.1) is 0 Å². The molecule has 3 rings (SSSR count). The number of esters is 1. The first-order valence-corrected chi connectivity index (χ1v) is 11.2. The van der Waals surface area contributed by atoms with Crippen molar-refractivity contribution in [3.63, 3.8) is 0 Å². The summed E-state index contributed by atoms with van der Waals surface area (Å²) in [6.45, 7) is 6.77. The number of hydrogen-bond donors (Lipinski definition) is 1. The number of carbonyl (C=O) groups excluding carboxylic acids is 1. The third kappa shape index (κ3) is 3.94. The fourth-order valence-corrected chi connectivity index (χ4v) is 5.24. The fourth-order valence-electron chi connectivity index (χ4n) is 3.16. The smallest absolute Gasteiger partial charge is 0.356 e. The number of halogens is 2. The lowest BCUT2D eigenvalue weighted by Crippen LogP contribution is -2.21. The molecule has 0 unspecified atom stereocenters. The van der Waals surface area contributed by atoms with Gasteiger partial charge in [0.25, 0.3) is 10.0 Å². The Labute approximate surface area is 188 Å². The molecule has 1 N–H and O–H groups in total. The zero-order valence-corrected chi connectivity index (χ0v) is 18.8. The predicted octanol–water partition coefficient (Wildman–Crippen LogP) is 4.77. The molecule has 0 amide bonds. The maximum Gasteiger partial charge on any atom is 0.356 e. The van der Waals surface area contributed by atoms with Gasteiger partial charge in [-0.05, 0) is 38.1 Å². The number of fused-ring (bicyclic) bond motifs is 1. The lowest BCUT2D eigenvalue weighted by molar-refractivity contribution is -0.130. The van der Waals surface area contributed by atoms with Crippen molar-refractivity contribution in [2.75, 3.05) is 6.61 Å². The summed E-state index contributed by atoms with van der Waals surface area (Å²) >= 11 is 12.4. The van der Waals surface area contributed by atoms with E-state index in [-0.39, 0.29) is 38.0 Å². The van der Waals surface area contributed by atoms with Gasteiger partial charge < -0.3 is 9.84 Å². The minimum absolute atomic E-state index is 0.0113. The standard InChI is InChI=1S/C21H17Cl2NO6S/c1-4-30-21(27)19-17(12(3)20(25)26)18-15(23)9-13(22)10-16(18)24(19)31(28,29)14-7-5-11(2)6-8-14/h5-10H,3-4H2,1-2H3,(H,25,26). The second-order valence-electron chi connectivity index (χ2n) is 6.59. The summed E-state index contributed by atoms with van der Waals surface area (Å²) in [5.41, 5.74) is -0.533. The van der Waals surface area contributed by atoms with Crippen LogP contribution in [0.2, 0.25) is 10.0 Å². The monoisotopic (exact) mass is 481 g/mol. The molecule has 0 aliphatic carbocycles. The quantitative estimate of drug-likeness (QED) is 0.401. The van der Waals surface area contributed by atoms with Crippen LogP contribution in [0.25, 0.3) is 16.5 Å². The highest BCUT2D eigenvalue weighted by molar-refractivity contribution is 7.90. The van der Waals surface area contributed by atoms with Crippen LogP contribution in [0.5, 0.6) is 0 Å². The molecule has 0 atom stereocenters. The van der Waals surface area contributed by atoms with Gasteiger partial charge in [0.15, 0.2) is 5.69 Å². The number of carboxylic acids is 1. The van der Waals surface area contributed by atoms with Crippen molar-refractivity contribution in [2.24, 2.45) is 0 Å². The second kappa shape index (κ2) is 8.37. The largest absolute Gasteiger partial charge is 0.478 e. The van der Waals surface area contributed by atoms with E-state index in [1.165, 1.54) is 31.2 Å². The highest BCUT2D eigenvalue weighted by Crippen LogP contribution is 2.40.